The minimum absolute atomic E-state index is 0.213. The largest absolute Gasteiger partial charge is 0.338 e. The summed E-state index contributed by atoms with van der Waals surface area (Å²) in [5.41, 5.74) is 2.42. The number of aromatic nitrogens is 3. The SMILES string of the molecule is Cc1nc(C(C)N(C)Cc2nc(CCc3ccccc3)no2)c(C)s1. The molecule has 3 aromatic rings. The third-order valence-electron chi connectivity index (χ3n) is 4.37. The second-order valence-corrected chi connectivity index (χ2v) is 7.76. The average molecular weight is 356 g/mol. The smallest absolute Gasteiger partial charge is 0.240 e. The van der Waals surface area contributed by atoms with E-state index in [9.17, 15) is 0 Å². The fraction of sp³-hybridized carbons (Fsp3) is 0.421. The van der Waals surface area contributed by atoms with Crippen LogP contribution in [0.4, 0.5) is 0 Å². The first-order valence-corrected chi connectivity index (χ1v) is 9.34. The van der Waals surface area contributed by atoms with Crippen molar-refractivity contribution in [3.8, 4) is 0 Å². The van der Waals surface area contributed by atoms with Gasteiger partial charge in [0.2, 0.25) is 5.89 Å². The second-order valence-electron chi connectivity index (χ2n) is 6.36. The van der Waals surface area contributed by atoms with Gasteiger partial charge in [-0.1, -0.05) is 35.5 Å². The van der Waals surface area contributed by atoms with Crippen LogP contribution in [-0.4, -0.2) is 27.1 Å². The zero-order valence-corrected chi connectivity index (χ0v) is 16.0. The van der Waals surface area contributed by atoms with E-state index in [0.717, 1.165) is 29.4 Å². The molecule has 0 saturated carbocycles. The van der Waals surface area contributed by atoms with Crippen LogP contribution in [0.25, 0.3) is 0 Å². The Balaban J connectivity index is 1.58. The van der Waals surface area contributed by atoms with E-state index in [0.29, 0.717) is 12.4 Å². The lowest BCUT2D eigenvalue weighted by molar-refractivity contribution is 0.213. The van der Waals surface area contributed by atoms with Crippen molar-refractivity contribution >= 4 is 11.3 Å². The Morgan fingerprint density at radius 3 is 2.56 bits per heavy atom. The molecule has 0 radical (unpaired) electrons. The topological polar surface area (TPSA) is 55.1 Å². The minimum atomic E-state index is 0.213. The third-order valence-corrected chi connectivity index (χ3v) is 5.27. The highest BCUT2D eigenvalue weighted by Crippen LogP contribution is 2.26. The van der Waals surface area contributed by atoms with Gasteiger partial charge < -0.3 is 4.52 Å². The van der Waals surface area contributed by atoms with Crippen LogP contribution in [0.5, 0.6) is 0 Å². The van der Waals surface area contributed by atoms with Gasteiger partial charge in [-0.2, -0.15) is 4.98 Å². The van der Waals surface area contributed by atoms with Gasteiger partial charge in [-0.25, -0.2) is 4.98 Å². The molecule has 3 rings (SSSR count). The molecule has 0 aliphatic heterocycles. The van der Waals surface area contributed by atoms with Gasteiger partial charge in [0.15, 0.2) is 5.82 Å². The van der Waals surface area contributed by atoms with E-state index in [1.165, 1.54) is 10.4 Å². The van der Waals surface area contributed by atoms with Crippen LogP contribution in [0.2, 0.25) is 0 Å². The van der Waals surface area contributed by atoms with Crippen molar-refractivity contribution in [3.63, 3.8) is 0 Å². The number of aryl methyl sites for hydroxylation is 4. The van der Waals surface area contributed by atoms with Crippen LogP contribution in [0, 0.1) is 13.8 Å². The number of hydrogen-bond acceptors (Lipinski definition) is 6. The molecule has 1 atom stereocenters. The maximum atomic E-state index is 5.42. The normalized spacial score (nSPS) is 12.7. The van der Waals surface area contributed by atoms with Crippen LogP contribution < -0.4 is 0 Å². The molecule has 2 heterocycles. The summed E-state index contributed by atoms with van der Waals surface area (Å²) < 4.78 is 5.42. The third kappa shape index (κ3) is 4.52. The monoisotopic (exact) mass is 356 g/mol. The first-order chi connectivity index (χ1) is 12.0. The Kier molecular flexibility index (Phi) is 5.60. The van der Waals surface area contributed by atoms with Crippen LogP contribution >= 0.6 is 11.3 Å². The molecule has 132 valence electrons. The summed E-state index contributed by atoms with van der Waals surface area (Å²) >= 11 is 1.74. The highest BCUT2D eigenvalue weighted by Gasteiger charge is 2.19. The van der Waals surface area contributed by atoms with E-state index in [4.69, 9.17) is 4.52 Å². The zero-order valence-electron chi connectivity index (χ0n) is 15.2. The number of thiazole rings is 1. The summed E-state index contributed by atoms with van der Waals surface area (Å²) in [5, 5.41) is 5.22. The maximum Gasteiger partial charge on any atom is 0.240 e. The molecule has 0 saturated heterocycles. The van der Waals surface area contributed by atoms with Gasteiger partial charge >= 0.3 is 0 Å². The Labute approximate surface area is 152 Å². The predicted octanol–water partition coefficient (Wildman–Crippen LogP) is 4.12. The van der Waals surface area contributed by atoms with E-state index in [1.54, 1.807) is 11.3 Å². The summed E-state index contributed by atoms with van der Waals surface area (Å²) in [4.78, 5) is 12.6. The number of hydrogen-bond donors (Lipinski definition) is 0. The molecule has 25 heavy (non-hydrogen) atoms. The lowest BCUT2D eigenvalue weighted by Crippen LogP contribution is -2.23. The molecular formula is C19H24N4OS. The molecular weight excluding hydrogens is 332 g/mol. The highest BCUT2D eigenvalue weighted by atomic mass is 32.1. The highest BCUT2D eigenvalue weighted by molar-refractivity contribution is 7.11. The van der Waals surface area contributed by atoms with Crippen LogP contribution in [0.15, 0.2) is 34.9 Å². The van der Waals surface area contributed by atoms with E-state index in [1.807, 2.05) is 13.0 Å². The molecule has 5 nitrogen and oxygen atoms in total. The molecule has 0 bridgehead atoms. The van der Waals surface area contributed by atoms with Gasteiger partial charge in [0.1, 0.15) is 0 Å². The van der Waals surface area contributed by atoms with Crippen molar-refractivity contribution in [3.05, 3.63) is 63.2 Å². The number of benzene rings is 1. The zero-order chi connectivity index (χ0) is 17.8. The number of nitrogens with zero attached hydrogens (tertiary/aromatic N) is 4. The number of rotatable bonds is 7. The molecule has 2 aromatic heterocycles. The lowest BCUT2D eigenvalue weighted by atomic mass is 10.1. The lowest BCUT2D eigenvalue weighted by Gasteiger charge is -2.22. The van der Waals surface area contributed by atoms with Crippen molar-refractivity contribution in [2.45, 2.75) is 46.2 Å². The molecule has 1 aromatic carbocycles. The first-order valence-electron chi connectivity index (χ1n) is 8.52. The van der Waals surface area contributed by atoms with Gasteiger partial charge in [-0.15, -0.1) is 11.3 Å². The molecule has 0 spiro atoms. The van der Waals surface area contributed by atoms with E-state index < -0.39 is 0 Å². The van der Waals surface area contributed by atoms with Crippen LogP contribution in [0.3, 0.4) is 0 Å². The molecule has 0 N–H and O–H groups in total. The summed E-state index contributed by atoms with van der Waals surface area (Å²) in [7, 11) is 2.06. The van der Waals surface area contributed by atoms with Crippen LogP contribution in [0.1, 0.15) is 45.8 Å². The summed E-state index contributed by atoms with van der Waals surface area (Å²) in [5.74, 6) is 1.42. The minimum Gasteiger partial charge on any atom is -0.338 e. The summed E-state index contributed by atoms with van der Waals surface area (Å²) in [6, 6.07) is 10.6. The van der Waals surface area contributed by atoms with Crippen molar-refractivity contribution in [2.75, 3.05) is 7.05 Å². The molecule has 0 amide bonds. The predicted molar refractivity (Wildman–Crippen MR) is 99.6 cm³/mol. The molecule has 0 aliphatic rings. The van der Waals surface area contributed by atoms with Crippen molar-refractivity contribution < 1.29 is 4.52 Å². The molecule has 6 heteroatoms. The standard InChI is InChI=1S/C19H24N4OS/c1-13(19-14(2)25-15(3)20-19)23(4)12-18-21-17(22-24-18)11-10-16-8-6-5-7-9-16/h5-9,13H,10-12H2,1-4H3. The van der Waals surface area contributed by atoms with E-state index in [2.05, 4.69) is 65.2 Å². The first kappa shape index (κ1) is 17.8. The van der Waals surface area contributed by atoms with E-state index >= 15 is 0 Å². The second kappa shape index (κ2) is 7.89. The van der Waals surface area contributed by atoms with Gasteiger partial charge in [0.05, 0.1) is 23.3 Å². The van der Waals surface area contributed by atoms with Crippen molar-refractivity contribution in [1.29, 1.82) is 0 Å². The fourth-order valence-electron chi connectivity index (χ4n) is 2.85. The average Bonchev–Trinajstić information content (AvgIpc) is 3.19. The Morgan fingerprint density at radius 2 is 1.88 bits per heavy atom. The van der Waals surface area contributed by atoms with Crippen molar-refractivity contribution in [1.82, 2.24) is 20.0 Å². The Morgan fingerprint density at radius 1 is 1.12 bits per heavy atom. The van der Waals surface area contributed by atoms with Gasteiger partial charge in [0, 0.05) is 11.3 Å². The quantitative estimate of drug-likeness (QED) is 0.637. The van der Waals surface area contributed by atoms with Gasteiger partial charge in [-0.3, -0.25) is 4.90 Å². The molecule has 0 aliphatic carbocycles. The maximum absolute atomic E-state index is 5.42. The van der Waals surface area contributed by atoms with Crippen LogP contribution in [-0.2, 0) is 19.4 Å². The Bertz CT molecular complexity index is 812. The summed E-state index contributed by atoms with van der Waals surface area (Å²) in [6.07, 6.45) is 1.71. The van der Waals surface area contributed by atoms with E-state index in [-0.39, 0.29) is 6.04 Å². The van der Waals surface area contributed by atoms with Gasteiger partial charge in [-0.05, 0) is 39.8 Å². The molecule has 1 unspecified atom stereocenters. The molecule has 0 fully saturated rings. The Hall–Kier alpha value is -2.05. The van der Waals surface area contributed by atoms with Gasteiger partial charge in [0.25, 0.3) is 0 Å². The summed E-state index contributed by atoms with van der Waals surface area (Å²) in [6.45, 7) is 6.95. The fourth-order valence-corrected chi connectivity index (χ4v) is 3.76. The van der Waals surface area contributed by atoms with Crippen molar-refractivity contribution in [2.24, 2.45) is 0 Å².